The molecule has 360 valence electrons. The molecule has 18 nitrogen and oxygen atoms in total. The Labute approximate surface area is 398 Å². The van der Waals surface area contributed by atoms with Gasteiger partial charge in [-0.25, -0.2) is 32.0 Å². The van der Waals surface area contributed by atoms with Crippen LogP contribution in [-0.2, 0) is 37.2 Å². The molecule has 4 amide bonds. The van der Waals surface area contributed by atoms with E-state index in [1.807, 2.05) is 12.1 Å². The second-order valence-corrected chi connectivity index (χ2v) is 21.1. The molecule has 3 aliphatic rings. The minimum absolute atomic E-state index is 0.0299. The van der Waals surface area contributed by atoms with E-state index in [1.165, 1.54) is 31.6 Å². The largest absolute Gasteiger partial charge is 0.479 e. The van der Waals surface area contributed by atoms with Crippen LogP contribution < -0.4 is 26.4 Å². The molecule has 68 heavy (non-hydrogen) atoms. The van der Waals surface area contributed by atoms with Crippen molar-refractivity contribution in [3.63, 3.8) is 0 Å². The molecule has 22 heteroatoms. The molecule has 0 spiro atoms. The average Bonchev–Trinajstić information content (AvgIpc) is 3.75. The first-order valence-corrected chi connectivity index (χ1v) is 24.7. The number of aromatic nitrogens is 2. The van der Waals surface area contributed by atoms with Gasteiger partial charge >= 0.3 is 23.7 Å². The fraction of sp³-hybridized carbons (Fsp3) is 0.391. The number of hydrogen-bond acceptors (Lipinski definition) is 11. The lowest BCUT2D eigenvalue weighted by Gasteiger charge is -2.45. The third-order valence-electron chi connectivity index (χ3n) is 12.8. The summed E-state index contributed by atoms with van der Waals surface area (Å²) in [4.78, 5) is 75.8. The Morgan fingerprint density at radius 1 is 0.971 bits per heavy atom. The maximum atomic E-state index is 16.1. The Balaban J connectivity index is 0.874. The molecule has 3 aromatic carbocycles. The van der Waals surface area contributed by atoms with Crippen molar-refractivity contribution in [2.75, 3.05) is 36.9 Å². The lowest BCUT2D eigenvalue weighted by atomic mass is 9.89. The minimum Gasteiger partial charge on any atom is -0.479 e. The van der Waals surface area contributed by atoms with Crippen LogP contribution in [-0.4, -0.2) is 105 Å². The van der Waals surface area contributed by atoms with Crippen LogP contribution in [0.5, 0.6) is 5.75 Å². The van der Waals surface area contributed by atoms with Gasteiger partial charge in [0, 0.05) is 55.9 Å². The van der Waals surface area contributed by atoms with Gasteiger partial charge in [0.15, 0.2) is 23.1 Å². The zero-order valence-electron chi connectivity index (χ0n) is 37.2. The van der Waals surface area contributed by atoms with Gasteiger partial charge in [0.2, 0.25) is 21.8 Å². The third kappa shape index (κ3) is 9.69. The predicted octanol–water partition coefficient (Wildman–Crippen LogP) is 6.60. The number of hydrogen-bond donors (Lipinski definition) is 5. The number of fused-ring (bicyclic) bond motifs is 1. The molecule has 2 aromatic heterocycles. The van der Waals surface area contributed by atoms with Crippen molar-refractivity contribution in [3.05, 3.63) is 98.0 Å². The highest BCUT2D eigenvalue weighted by atomic mass is 35.5. The van der Waals surface area contributed by atoms with Gasteiger partial charge in [0.25, 0.3) is 0 Å². The van der Waals surface area contributed by atoms with E-state index in [9.17, 15) is 42.3 Å². The predicted molar refractivity (Wildman–Crippen MR) is 252 cm³/mol. The summed E-state index contributed by atoms with van der Waals surface area (Å²) in [5.41, 5.74) is 1.91. The van der Waals surface area contributed by atoms with Gasteiger partial charge in [-0.2, -0.15) is 4.31 Å². The number of piperidine rings is 3. The van der Waals surface area contributed by atoms with E-state index < -0.39 is 63.7 Å². The monoisotopic (exact) mass is 993 g/mol. The number of aromatic carboxylic acids is 1. The number of likely N-dealkylation sites (tertiary alicyclic amines) is 1. The quantitative estimate of drug-likeness (QED) is 0.0785. The minimum atomic E-state index is -4.07. The number of carboxylic acids is 2. The molecule has 0 saturated carbocycles. The van der Waals surface area contributed by atoms with Gasteiger partial charge in [0.05, 0.1) is 27.4 Å². The summed E-state index contributed by atoms with van der Waals surface area (Å²) >= 11 is 7.36. The summed E-state index contributed by atoms with van der Waals surface area (Å²) in [5.74, 6) is -5.15. The maximum absolute atomic E-state index is 16.1. The second-order valence-electron chi connectivity index (χ2n) is 17.8. The normalized spacial score (nSPS) is 19.2. The number of amides is 4. The van der Waals surface area contributed by atoms with Crippen LogP contribution in [0.1, 0.15) is 85.1 Å². The molecule has 3 aliphatic heterocycles. The highest BCUT2D eigenvalue weighted by molar-refractivity contribution is 7.88. The van der Waals surface area contributed by atoms with Crippen molar-refractivity contribution in [3.8, 4) is 16.2 Å². The van der Waals surface area contributed by atoms with Crippen LogP contribution in [0.15, 0.2) is 65.5 Å². The van der Waals surface area contributed by atoms with Gasteiger partial charge in [-0.3, -0.25) is 24.0 Å². The fourth-order valence-corrected chi connectivity index (χ4v) is 12.9. The van der Waals surface area contributed by atoms with E-state index in [2.05, 4.69) is 16.0 Å². The SMILES string of the molecule is Cn1c(=O)n(C2CCC(=O)NC2=O)c2ccc(C3CCN(C(=O)Nc4cccc(CS(=O)(=O)N5CCC(Nc6cccc(-c7sc(C(=O)O)c(OCC(=O)O)c7Cl)c6)CC5(C)C)c4F)CC3)cc21. The summed E-state index contributed by atoms with van der Waals surface area (Å²) < 4.78 is 53.6. The number of imidazole rings is 1. The number of imide groups is 1. The molecule has 0 radical (unpaired) electrons. The third-order valence-corrected chi connectivity index (χ3v) is 16.5. The molecule has 3 saturated heterocycles. The number of sulfonamides is 1. The number of anilines is 2. The molecular weight excluding hydrogens is 945 g/mol. The average molecular weight is 995 g/mol. The van der Waals surface area contributed by atoms with E-state index in [1.54, 1.807) is 56.1 Å². The Morgan fingerprint density at radius 2 is 1.71 bits per heavy atom. The van der Waals surface area contributed by atoms with E-state index in [-0.39, 0.29) is 69.8 Å². The first-order valence-electron chi connectivity index (χ1n) is 21.9. The van der Waals surface area contributed by atoms with Crippen molar-refractivity contribution in [2.45, 2.75) is 81.7 Å². The number of urea groups is 1. The zero-order chi connectivity index (χ0) is 48.8. The number of carbonyl (C=O) groups excluding carboxylic acids is 3. The fourth-order valence-electron chi connectivity index (χ4n) is 9.53. The Hall–Kier alpha value is -6.29. The molecule has 0 bridgehead atoms. The van der Waals surface area contributed by atoms with Crippen molar-refractivity contribution >= 4 is 85.2 Å². The van der Waals surface area contributed by atoms with E-state index in [0.717, 1.165) is 16.9 Å². The summed E-state index contributed by atoms with van der Waals surface area (Å²) in [6, 6.07) is 15.4. The molecule has 2 unspecified atom stereocenters. The first kappa shape index (κ1) is 48.2. The molecule has 8 rings (SSSR count). The Bertz CT molecular complexity index is 3030. The molecule has 5 heterocycles. The second kappa shape index (κ2) is 19.0. The zero-order valence-corrected chi connectivity index (χ0v) is 39.6. The first-order chi connectivity index (χ1) is 32.2. The number of nitrogens with zero attached hydrogens (tertiary/aromatic N) is 4. The highest BCUT2D eigenvalue weighted by Crippen LogP contribution is 2.46. The van der Waals surface area contributed by atoms with Crippen molar-refractivity contribution in [2.24, 2.45) is 7.05 Å². The molecule has 2 atom stereocenters. The Kier molecular flexibility index (Phi) is 13.5. The number of carbonyl (C=O) groups is 5. The lowest BCUT2D eigenvalue weighted by molar-refractivity contribution is -0.139. The van der Waals surface area contributed by atoms with Crippen molar-refractivity contribution in [1.29, 1.82) is 0 Å². The van der Waals surface area contributed by atoms with Gasteiger partial charge in [0.1, 0.15) is 11.1 Å². The van der Waals surface area contributed by atoms with Crippen LogP contribution >= 0.6 is 22.9 Å². The number of thiophene rings is 1. The topological polar surface area (TPSA) is 239 Å². The number of aryl methyl sites for hydroxylation is 1. The summed E-state index contributed by atoms with van der Waals surface area (Å²) in [5, 5.41) is 27.1. The molecule has 0 aliphatic carbocycles. The Morgan fingerprint density at radius 3 is 2.40 bits per heavy atom. The number of carboxylic acid groups (broad SMARTS) is 2. The van der Waals surface area contributed by atoms with Gasteiger partial charge in [-0.05, 0) is 93.3 Å². The molecule has 3 fully saturated rings. The van der Waals surface area contributed by atoms with Crippen LogP contribution in [0, 0.1) is 5.82 Å². The summed E-state index contributed by atoms with van der Waals surface area (Å²) in [7, 11) is -2.44. The van der Waals surface area contributed by atoms with Gasteiger partial charge in [-0.15, -0.1) is 11.3 Å². The number of ether oxygens (including phenoxy) is 1. The van der Waals surface area contributed by atoms with Crippen LogP contribution in [0.4, 0.5) is 20.6 Å². The number of rotatable bonds is 13. The lowest BCUT2D eigenvalue weighted by Crippen LogP contribution is -2.55. The van der Waals surface area contributed by atoms with E-state index in [4.69, 9.17) is 21.4 Å². The van der Waals surface area contributed by atoms with Gasteiger partial charge < -0.3 is 30.5 Å². The van der Waals surface area contributed by atoms with Crippen molar-refractivity contribution < 1.29 is 51.7 Å². The smallest absolute Gasteiger partial charge is 0.349 e. The van der Waals surface area contributed by atoms with Gasteiger partial charge in [-0.1, -0.05) is 41.9 Å². The highest BCUT2D eigenvalue weighted by Gasteiger charge is 2.42. The number of benzene rings is 3. The van der Waals surface area contributed by atoms with E-state index >= 15 is 4.39 Å². The summed E-state index contributed by atoms with van der Waals surface area (Å²) in [6.45, 7) is 3.66. The van der Waals surface area contributed by atoms with Crippen molar-refractivity contribution in [1.82, 2.24) is 23.7 Å². The van der Waals surface area contributed by atoms with Crippen LogP contribution in [0.25, 0.3) is 21.5 Å². The molecular formula is C46H49ClFN7O11S2. The molecule has 5 N–H and O–H groups in total. The number of halogens is 2. The van der Waals surface area contributed by atoms with Crippen LogP contribution in [0.3, 0.4) is 0 Å². The number of nitrogens with one attached hydrogen (secondary N) is 3. The van der Waals surface area contributed by atoms with E-state index in [0.29, 0.717) is 65.9 Å². The molecule has 5 aromatic rings. The number of aliphatic carboxylic acids is 1. The standard InChI is InChI=1S/C46H49ClFN7O11S2/c1-46(2)22-30(49-29-8-4-6-27(20-29)40-37(47)39(66-23-36(57)58)41(67-40)43(60)61)16-19-54(46)68(64,65)24-28-7-5-9-31(38(28)48)50-44(62)53-17-14-25(15-18-53)26-10-11-32-34(21-26)52(3)45(63)55(32)33-12-13-35(56)51-42(33)59/h4-11,20-21,25,30,33,49H,12-19,22-24H2,1-3H3,(H,50,62)(H,57,58)(H,60,61)(H,51,56,59). The van der Waals surface area contributed by atoms with Crippen LogP contribution in [0.2, 0.25) is 5.02 Å². The summed E-state index contributed by atoms with van der Waals surface area (Å²) in [6.07, 6.45) is 2.33. The maximum Gasteiger partial charge on any atom is 0.349 e.